The molecule has 0 aromatic heterocycles. The summed E-state index contributed by atoms with van der Waals surface area (Å²) in [5, 5.41) is 9.01. The van der Waals surface area contributed by atoms with Gasteiger partial charge in [-0.15, -0.1) is 0 Å². The van der Waals surface area contributed by atoms with E-state index in [9.17, 15) is 0 Å². The van der Waals surface area contributed by atoms with Crippen molar-refractivity contribution >= 4 is 0 Å². The van der Waals surface area contributed by atoms with Gasteiger partial charge in [-0.05, 0) is 63.0 Å². The zero-order chi connectivity index (χ0) is 14.4. The highest BCUT2D eigenvalue weighted by Gasteiger charge is 2.21. The lowest BCUT2D eigenvalue weighted by atomic mass is 10.1. The maximum atomic E-state index is 9.01. The van der Waals surface area contributed by atoms with Crippen molar-refractivity contribution < 1.29 is 4.74 Å². The van der Waals surface area contributed by atoms with Gasteiger partial charge in [-0.3, -0.25) is 4.90 Å². The first-order valence-electron chi connectivity index (χ1n) is 7.52. The Hall–Kier alpha value is -1.53. The molecule has 1 aliphatic rings. The molecular weight excluding hydrogens is 248 g/mol. The Kier molecular flexibility index (Phi) is 5.43. The fourth-order valence-electron chi connectivity index (χ4n) is 2.68. The van der Waals surface area contributed by atoms with Crippen LogP contribution in [0.1, 0.15) is 36.8 Å². The average Bonchev–Trinajstić information content (AvgIpc) is 2.48. The third-order valence-electron chi connectivity index (χ3n) is 4.15. The number of nitriles is 1. The highest BCUT2D eigenvalue weighted by Crippen LogP contribution is 2.19. The van der Waals surface area contributed by atoms with Crippen LogP contribution in [0.5, 0.6) is 5.75 Å². The molecule has 2 rings (SSSR count). The van der Waals surface area contributed by atoms with Crippen molar-refractivity contribution in [2.75, 3.05) is 19.7 Å². The van der Waals surface area contributed by atoms with Gasteiger partial charge in [0, 0.05) is 0 Å². The first-order valence-corrected chi connectivity index (χ1v) is 7.52. The SMILES string of the molecule is Cc1ccc(OCC(CC#N)N2CCCCC2)cc1C. The van der Waals surface area contributed by atoms with Gasteiger partial charge in [0.1, 0.15) is 12.4 Å². The second kappa shape index (κ2) is 7.31. The molecule has 0 spiro atoms. The zero-order valence-corrected chi connectivity index (χ0v) is 12.6. The van der Waals surface area contributed by atoms with Gasteiger partial charge in [-0.1, -0.05) is 12.5 Å². The molecule has 1 aromatic rings. The van der Waals surface area contributed by atoms with Gasteiger partial charge >= 0.3 is 0 Å². The van der Waals surface area contributed by atoms with Crippen LogP contribution in [0.3, 0.4) is 0 Å². The highest BCUT2D eigenvalue weighted by atomic mass is 16.5. The zero-order valence-electron chi connectivity index (χ0n) is 12.6. The molecule has 1 saturated heterocycles. The molecule has 3 nitrogen and oxygen atoms in total. The highest BCUT2D eigenvalue weighted by molar-refractivity contribution is 5.33. The number of aryl methyl sites for hydroxylation is 2. The van der Waals surface area contributed by atoms with E-state index in [1.807, 2.05) is 6.07 Å². The first kappa shape index (κ1) is 14.9. The molecule has 1 aliphatic heterocycles. The van der Waals surface area contributed by atoms with Crippen molar-refractivity contribution in [3.63, 3.8) is 0 Å². The summed E-state index contributed by atoms with van der Waals surface area (Å²) in [5.41, 5.74) is 2.53. The molecular formula is C17H24N2O. The van der Waals surface area contributed by atoms with Gasteiger partial charge in [-0.2, -0.15) is 5.26 Å². The van der Waals surface area contributed by atoms with Crippen LogP contribution >= 0.6 is 0 Å². The predicted octanol–water partition coefficient (Wildman–Crippen LogP) is 3.45. The van der Waals surface area contributed by atoms with Crippen molar-refractivity contribution in [2.45, 2.75) is 45.6 Å². The summed E-state index contributed by atoms with van der Waals surface area (Å²) < 4.78 is 5.92. The summed E-state index contributed by atoms with van der Waals surface area (Å²) in [6, 6.07) is 8.71. The molecule has 0 saturated carbocycles. The van der Waals surface area contributed by atoms with Crippen molar-refractivity contribution in [3.05, 3.63) is 29.3 Å². The minimum atomic E-state index is 0.224. The predicted molar refractivity (Wildman–Crippen MR) is 80.9 cm³/mol. The van der Waals surface area contributed by atoms with E-state index in [0.717, 1.165) is 18.8 Å². The number of nitrogens with zero attached hydrogens (tertiary/aromatic N) is 2. The molecule has 0 bridgehead atoms. The van der Waals surface area contributed by atoms with Gasteiger partial charge in [0.2, 0.25) is 0 Å². The molecule has 0 N–H and O–H groups in total. The molecule has 0 amide bonds. The number of rotatable bonds is 5. The number of hydrogen-bond donors (Lipinski definition) is 0. The minimum Gasteiger partial charge on any atom is -0.492 e. The molecule has 1 atom stereocenters. The maximum absolute atomic E-state index is 9.01. The van der Waals surface area contributed by atoms with Crippen LogP contribution in [-0.4, -0.2) is 30.6 Å². The lowest BCUT2D eigenvalue weighted by Gasteiger charge is -2.33. The second-order valence-corrected chi connectivity index (χ2v) is 5.67. The van der Waals surface area contributed by atoms with Crippen molar-refractivity contribution in [1.82, 2.24) is 4.90 Å². The fraction of sp³-hybridized carbons (Fsp3) is 0.588. The number of benzene rings is 1. The van der Waals surface area contributed by atoms with Crippen LogP contribution in [0.4, 0.5) is 0 Å². The summed E-state index contributed by atoms with van der Waals surface area (Å²) in [5.74, 6) is 0.910. The van der Waals surface area contributed by atoms with E-state index < -0.39 is 0 Å². The topological polar surface area (TPSA) is 36.3 Å². The summed E-state index contributed by atoms with van der Waals surface area (Å²) >= 11 is 0. The van der Waals surface area contributed by atoms with Gasteiger partial charge in [0.05, 0.1) is 18.5 Å². The monoisotopic (exact) mass is 272 g/mol. The lowest BCUT2D eigenvalue weighted by Crippen LogP contribution is -2.42. The Morgan fingerprint density at radius 3 is 2.60 bits per heavy atom. The van der Waals surface area contributed by atoms with E-state index in [-0.39, 0.29) is 6.04 Å². The smallest absolute Gasteiger partial charge is 0.119 e. The molecule has 1 heterocycles. The standard InChI is InChI=1S/C17H24N2O/c1-14-6-7-17(12-15(14)2)20-13-16(8-9-18)19-10-4-3-5-11-19/h6-7,12,16H,3-5,8,10-11,13H2,1-2H3. The molecule has 1 unspecified atom stereocenters. The number of piperidine rings is 1. The van der Waals surface area contributed by atoms with Crippen LogP contribution < -0.4 is 4.74 Å². The van der Waals surface area contributed by atoms with E-state index in [1.165, 1.54) is 30.4 Å². The Morgan fingerprint density at radius 1 is 1.20 bits per heavy atom. The molecule has 1 fully saturated rings. The molecule has 108 valence electrons. The van der Waals surface area contributed by atoms with Crippen LogP contribution in [0.2, 0.25) is 0 Å². The number of hydrogen-bond acceptors (Lipinski definition) is 3. The van der Waals surface area contributed by atoms with E-state index in [2.05, 4.69) is 36.9 Å². The lowest BCUT2D eigenvalue weighted by molar-refractivity contribution is 0.116. The van der Waals surface area contributed by atoms with E-state index >= 15 is 0 Å². The van der Waals surface area contributed by atoms with E-state index in [0.29, 0.717) is 13.0 Å². The van der Waals surface area contributed by atoms with Gasteiger partial charge < -0.3 is 4.74 Å². The summed E-state index contributed by atoms with van der Waals surface area (Å²) in [7, 11) is 0. The summed E-state index contributed by atoms with van der Waals surface area (Å²) in [6.45, 7) is 7.01. The number of ether oxygens (including phenoxy) is 1. The molecule has 3 heteroatoms. The van der Waals surface area contributed by atoms with Crippen LogP contribution in [-0.2, 0) is 0 Å². The second-order valence-electron chi connectivity index (χ2n) is 5.67. The van der Waals surface area contributed by atoms with E-state index in [4.69, 9.17) is 10.00 Å². The van der Waals surface area contributed by atoms with Crippen LogP contribution in [0, 0.1) is 25.2 Å². The Morgan fingerprint density at radius 2 is 1.95 bits per heavy atom. The molecule has 0 aliphatic carbocycles. The minimum absolute atomic E-state index is 0.224. The summed E-state index contributed by atoms with van der Waals surface area (Å²) in [6.07, 6.45) is 4.34. The molecule has 1 aromatic carbocycles. The van der Waals surface area contributed by atoms with Crippen LogP contribution in [0.25, 0.3) is 0 Å². The fourth-order valence-corrected chi connectivity index (χ4v) is 2.68. The quantitative estimate of drug-likeness (QED) is 0.823. The Labute approximate surface area is 122 Å². The third kappa shape index (κ3) is 3.98. The normalized spacial score (nSPS) is 17.4. The maximum Gasteiger partial charge on any atom is 0.119 e. The average molecular weight is 272 g/mol. The third-order valence-corrected chi connectivity index (χ3v) is 4.15. The Bertz CT molecular complexity index is 472. The van der Waals surface area contributed by atoms with E-state index in [1.54, 1.807) is 0 Å². The number of likely N-dealkylation sites (tertiary alicyclic amines) is 1. The summed E-state index contributed by atoms with van der Waals surface area (Å²) in [4.78, 5) is 2.41. The first-order chi connectivity index (χ1) is 9.70. The molecule has 0 radical (unpaired) electrons. The van der Waals surface area contributed by atoms with Crippen molar-refractivity contribution in [2.24, 2.45) is 0 Å². The Balaban J connectivity index is 1.94. The van der Waals surface area contributed by atoms with Crippen molar-refractivity contribution in [1.29, 1.82) is 5.26 Å². The largest absolute Gasteiger partial charge is 0.492 e. The molecule has 20 heavy (non-hydrogen) atoms. The van der Waals surface area contributed by atoms with Gasteiger partial charge in [0.25, 0.3) is 0 Å². The van der Waals surface area contributed by atoms with Crippen LogP contribution in [0.15, 0.2) is 18.2 Å². The van der Waals surface area contributed by atoms with Gasteiger partial charge in [-0.25, -0.2) is 0 Å². The van der Waals surface area contributed by atoms with Crippen molar-refractivity contribution in [3.8, 4) is 11.8 Å². The van der Waals surface area contributed by atoms with Gasteiger partial charge in [0.15, 0.2) is 0 Å².